The second-order valence-corrected chi connectivity index (χ2v) is 9.70. The molecule has 6 heteroatoms. The average molecular weight is 393 g/mol. The number of carbonyl (C=O) groups excluding carboxylic acids is 2. The fourth-order valence-electron chi connectivity index (χ4n) is 4.78. The summed E-state index contributed by atoms with van der Waals surface area (Å²) < 4.78 is 1.82. The normalized spacial score (nSPS) is 22.1. The van der Waals surface area contributed by atoms with Crippen molar-refractivity contribution < 1.29 is 9.59 Å². The summed E-state index contributed by atoms with van der Waals surface area (Å²) in [7, 11) is 0. The molecular formula is C23H28N4O2. The predicted octanol–water partition coefficient (Wildman–Crippen LogP) is 3.34. The number of aryl methyl sites for hydroxylation is 1. The van der Waals surface area contributed by atoms with Gasteiger partial charge in [0, 0.05) is 24.1 Å². The molecule has 3 heterocycles. The molecule has 1 saturated carbocycles. The molecule has 5 rings (SSSR count). The van der Waals surface area contributed by atoms with Crippen LogP contribution in [0, 0.1) is 18.3 Å². The van der Waals surface area contributed by atoms with E-state index in [-0.39, 0.29) is 29.3 Å². The van der Waals surface area contributed by atoms with Gasteiger partial charge >= 0.3 is 0 Å². The highest BCUT2D eigenvalue weighted by molar-refractivity contribution is 5.99. The van der Waals surface area contributed by atoms with Gasteiger partial charge in [0.15, 0.2) is 0 Å². The number of para-hydroxylation sites is 1. The second kappa shape index (κ2) is 6.18. The molecule has 1 aliphatic carbocycles. The van der Waals surface area contributed by atoms with Crippen LogP contribution in [0.3, 0.4) is 0 Å². The Balaban J connectivity index is 1.48. The van der Waals surface area contributed by atoms with Crippen LogP contribution in [0.15, 0.2) is 30.3 Å². The number of likely N-dealkylation sites (tertiary alicyclic amines) is 1. The third-order valence-corrected chi connectivity index (χ3v) is 6.39. The van der Waals surface area contributed by atoms with Gasteiger partial charge in [0.2, 0.25) is 5.91 Å². The van der Waals surface area contributed by atoms with Crippen LogP contribution in [0.4, 0.5) is 0 Å². The van der Waals surface area contributed by atoms with Gasteiger partial charge < -0.3 is 9.80 Å². The van der Waals surface area contributed by atoms with E-state index in [0.29, 0.717) is 24.7 Å². The van der Waals surface area contributed by atoms with E-state index in [9.17, 15) is 9.59 Å². The van der Waals surface area contributed by atoms with Gasteiger partial charge in [-0.25, -0.2) is 4.68 Å². The maximum absolute atomic E-state index is 13.6. The zero-order valence-corrected chi connectivity index (χ0v) is 17.6. The number of aromatic nitrogens is 2. The third-order valence-electron chi connectivity index (χ3n) is 6.39. The highest BCUT2D eigenvalue weighted by atomic mass is 16.2. The lowest BCUT2D eigenvalue weighted by Gasteiger charge is -2.48. The van der Waals surface area contributed by atoms with E-state index in [1.807, 2.05) is 67.6 Å². The molecule has 2 fully saturated rings. The van der Waals surface area contributed by atoms with Crippen molar-refractivity contribution in [3.05, 3.63) is 47.3 Å². The molecule has 1 aromatic heterocycles. The SMILES string of the molecule is Cc1nn(-c2ccccc2)c2c1C(C1CC1)N(C1CN(C(=O)C(C)(C)C)C1)C2=O. The molecule has 1 atom stereocenters. The zero-order chi connectivity index (χ0) is 20.5. The van der Waals surface area contributed by atoms with Gasteiger partial charge in [-0.15, -0.1) is 0 Å². The number of amides is 2. The van der Waals surface area contributed by atoms with Crippen LogP contribution in [0.2, 0.25) is 0 Å². The quantitative estimate of drug-likeness (QED) is 0.805. The van der Waals surface area contributed by atoms with Crippen molar-refractivity contribution >= 4 is 11.8 Å². The fourth-order valence-corrected chi connectivity index (χ4v) is 4.78. The van der Waals surface area contributed by atoms with Crippen molar-refractivity contribution in [1.29, 1.82) is 0 Å². The van der Waals surface area contributed by atoms with Crippen LogP contribution in [-0.2, 0) is 4.79 Å². The van der Waals surface area contributed by atoms with Crippen molar-refractivity contribution in [3.63, 3.8) is 0 Å². The van der Waals surface area contributed by atoms with Crippen LogP contribution in [0.25, 0.3) is 5.69 Å². The summed E-state index contributed by atoms with van der Waals surface area (Å²) in [6, 6.07) is 10.1. The second-order valence-electron chi connectivity index (χ2n) is 9.70. The van der Waals surface area contributed by atoms with E-state index < -0.39 is 0 Å². The summed E-state index contributed by atoms with van der Waals surface area (Å²) in [5, 5.41) is 4.73. The number of carbonyl (C=O) groups is 2. The first-order chi connectivity index (χ1) is 13.8. The Labute approximate surface area is 171 Å². The molecule has 0 N–H and O–H groups in total. The Morgan fingerprint density at radius 2 is 1.76 bits per heavy atom. The van der Waals surface area contributed by atoms with Gasteiger partial charge in [0.05, 0.1) is 23.5 Å². The first-order valence-corrected chi connectivity index (χ1v) is 10.5. The van der Waals surface area contributed by atoms with Crippen LogP contribution >= 0.6 is 0 Å². The van der Waals surface area contributed by atoms with Crippen LogP contribution in [-0.4, -0.2) is 50.5 Å². The van der Waals surface area contributed by atoms with Crippen molar-refractivity contribution in [2.75, 3.05) is 13.1 Å². The molecule has 1 saturated heterocycles. The standard InChI is InChI=1S/C23H28N4O2/c1-14-18-19(15-10-11-15)26(17-12-25(13-17)22(29)23(2,3)4)21(28)20(18)27(24-14)16-8-6-5-7-9-16/h5-9,15,17,19H,10-13H2,1-4H3. The van der Waals surface area contributed by atoms with Gasteiger partial charge in [-0.1, -0.05) is 39.0 Å². The van der Waals surface area contributed by atoms with E-state index in [1.165, 1.54) is 0 Å². The summed E-state index contributed by atoms with van der Waals surface area (Å²) in [5.41, 5.74) is 3.29. The molecule has 1 aromatic carbocycles. The van der Waals surface area contributed by atoms with Crippen molar-refractivity contribution in [1.82, 2.24) is 19.6 Å². The smallest absolute Gasteiger partial charge is 0.273 e. The molecule has 29 heavy (non-hydrogen) atoms. The summed E-state index contributed by atoms with van der Waals surface area (Å²) in [5.74, 6) is 0.737. The largest absolute Gasteiger partial charge is 0.338 e. The number of hydrogen-bond donors (Lipinski definition) is 0. The molecule has 0 spiro atoms. The molecule has 1 unspecified atom stereocenters. The van der Waals surface area contributed by atoms with E-state index in [2.05, 4.69) is 4.90 Å². The summed E-state index contributed by atoms with van der Waals surface area (Å²) >= 11 is 0. The molecule has 2 amide bonds. The molecule has 2 aliphatic heterocycles. The third kappa shape index (κ3) is 2.80. The number of fused-ring (bicyclic) bond motifs is 1. The fraction of sp³-hybridized carbons (Fsp3) is 0.522. The highest BCUT2D eigenvalue weighted by Crippen LogP contribution is 2.52. The minimum Gasteiger partial charge on any atom is -0.338 e. The molecule has 152 valence electrons. The Kier molecular flexibility index (Phi) is 3.92. The lowest BCUT2D eigenvalue weighted by Crippen LogP contribution is -2.63. The summed E-state index contributed by atoms with van der Waals surface area (Å²) in [4.78, 5) is 30.2. The molecule has 0 bridgehead atoms. The molecule has 2 aromatic rings. The Hall–Kier alpha value is -2.63. The van der Waals surface area contributed by atoms with Gasteiger partial charge in [-0.05, 0) is 37.8 Å². The Morgan fingerprint density at radius 1 is 1.10 bits per heavy atom. The Bertz CT molecular complexity index is 978. The predicted molar refractivity (Wildman–Crippen MR) is 110 cm³/mol. The van der Waals surface area contributed by atoms with Gasteiger partial charge in [-0.2, -0.15) is 5.10 Å². The number of benzene rings is 1. The number of hydrogen-bond acceptors (Lipinski definition) is 3. The summed E-state index contributed by atoms with van der Waals surface area (Å²) in [6.45, 7) is 9.12. The van der Waals surface area contributed by atoms with Crippen molar-refractivity contribution in [2.45, 2.75) is 52.6 Å². The highest BCUT2D eigenvalue weighted by Gasteiger charge is 2.53. The summed E-state index contributed by atoms with van der Waals surface area (Å²) in [6.07, 6.45) is 2.31. The van der Waals surface area contributed by atoms with Crippen molar-refractivity contribution in [3.8, 4) is 5.69 Å². The molecule has 3 aliphatic rings. The van der Waals surface area contributed by atoms with Crippen LogP contribution in [0.1, 0.15) is 61.4 Å². The monoisotopic (exact) mass is 392 g/mol. The first kappa shape index (κ1) is 18.4. The van der Waals surface area contributed by atoms with E-state index in [1.54, 1.807) is 0 Å². The van der Waals surface area contributed by atoms with Gasteiger partial charge in [0.25, 0.3) is 5.91 Å². The maximum atomic E-state index is 13.6. The topological polar surface area (TPSA) is 58.4 Å². The number of rotatable bonds is 3. The average Bonchev–Trinajstić information content (AvgIpc) is 3.36. The van der Waals surface area contributed by atoms with Crippen LogP contribution in [0.5, 0.6) is 0 Å². The maximum Gasteiger partial charge on any atom is 0.273 e. The minimum absolute atomic E-state index is 0.0641. The van der Waals surface area contributed by atoms with Gasteiger partial charge in [-0.3, -0.25) is 9.59 Å². The molecule has 6 nitrogen and oxygen atoms in total. The Morgan fingerprint density at radius 3 is 2.34 bits per heavy atom. The van der Waals surface area contributed by atoms with E-state index >= 15 is 0 Å². The molecule has 0 radical (unpaired) electrons. The number of nitrogens with zero attached hydrogens (tertiary/aromatic N) is 4. The first-order valence-electron chi connectivity index (χ1n) is 10.5. The lowest BCUT2D eigenvalue weighted by atomic mass is 9.91. The lowest BCUT2D eigenvalue weighted by molar-refractivity contribution is -0.147. The van der Waals surface area contributed by atoms with Gasteiger partial charge in [0.1, 0.15) is 5.69 Å². The van der Waals surface area contributed by atoms with E-state index in [0.717, 1.165) is 29.8 Å². The van der Waals surface area contributed by atoms with Crippen molar-refractivity contribution in [2.24, 2.45) is 11.3 Å². The molecular weight excluding hydrogens is 364 g/mol. The zero-order valence-electron chi connectivity index (χ0n) is 17.6. The van der Waals surface area contributed by atoms with E-state index in [4.69, 9.17) is 5.10 Å². The minimum atomic E-state index is -0.386. The van der Waals surface area contributed by atoms with Crippen LogP contribution < -0.4 is 0 Å².